The molecule has 0 aromatic carbocycles. The third-order valence-corrected chi connectivity index (χ3v) is 3.37. The lowest BCUT2D eigenvalue weighted by atomic mass is 10.0. The summed E-state index contributed by atoms with van der Waals surface area (Å²) in [6, 6.07) is -1.23. The highest BCUT2D eigenvalue weighted by atomic mass is 16.6. The highest BCUT2D eigenvalue weighted by Gasteiger charge is 2.28. The first-order valence-electron chi connectivity index (χ1n) is 9.44. The molecule has 0 fully saturated rings. The van der Waals surface area contributed by atoms with E-state index in [-0.39, 0.29) is 17.1 Å². The fourth-order valence-electron chi connectivity index (χ4n) is 2.24. The number of rotatable bonds is 9. The second kappa shape index (κ2) is 8.38. The van der Waals surface area contributed by atoms with E-state index < -0.39 is 43.3 Å². The van der Waals surface area contributed by atoms with Gasteiger partial charge in [-0.1, -0.05) is 13.8 Å². The second-order valence-corrected chi connectivity index (χ2v) is 5.58. The Morgan fingerprint density at radius 1 is 1.54 bits per heavy atom. The summed E-state index contributed by atoms with van der Waals surface area (Å²) < 4.78 is 42.2. The van der Waals surface area contributed by atoms with Gasteiger partial charge in [-0.2, -0.15) is 4.98 Å². The van der Waals surface area contributed by atoms with Crippen molar-refractivity contribution in [2.45, 2.75) is 26.6 Å². The highest BCUT2D eigenvalue weighted by molar-refractivity contribution is 5.76. The molecule has 12 nitrogen and oxygen atoms in total. The van der Waals surface area contributed by atoms with Crippen LogP contribution in [0.25, 0.3) is 11.2 Å². The van der Waals surface area contributed by atoms with Crippen molar-refractivity contribution in [3.8, 4) is 0 Å². The Labute approximate surface area is 153 Å². The van der Waals surface area contributed by atoms with E-state index in [0.29, 0.717) is 0 Å². The summed E-state index contributed by atoms with van der Waals surface area (Å²) in [6.45, 7) is -3.82. The lowest BCUT2D eigenvalue weighted by Crippen LogP contribution is -2.40. The standard InChI is InChI=1S/C14H21N7O5/c1-8(2)10(20(3)19-24)13(23)26-5-4-25-7-21-6-16-9-11(21)17-14(15)18-12(9)22/h6,8,10H,4-5,7H2,1-3H3,(H3,15,17,18,22)/t10-/m0/s1/i4D2,5D2. The topological polar surface area (TPSA) is 158 Å². The van der Waals surface area contributed by atoms with Crippen molar-refractivity contribution in [2.24, 2.45) is 11.2 Å². The molecule has 2 aromatic rings. The number of nitrogens with one attached hydrogen (secondary N) is 1. The van der Waals surface area contributed by atoms with E-state index >= 15 is 0 Å². The van der Waals surface area contributed by atoms with Crippen molar-refractivity contribution >= 4 is 23.1 Å². The maximum absolute atomic E-state index is 12.3. The number of likely N-dealkylation sites (N-methyl/N-ethyl adjacent to an activating group) is 1. The van der Waals surface area contributed by atoms with Gasteiger partial charge in [-0.25, -0.2) is 14.8 Å². The molecule has 12 heteroatoms. The fraction of sp³-hybridized carbons (Fsp3) is 0.571. The van der Waals surface area contributed by atoms with Gasteiger partial charge < -0.3 is 15.2 Å². The summed E-state index contributed by atoms with van der Waals surface area (Å²) >= 11 is 0. The molecule has 0 saturated heterocycles. The molecule has 0 aliphatic rings. The molecule has 0 radical (unpaired) electrons. The molecule has 0 saturated carbocycles. The first kappa shape index (κ1) is 14.2. The van der Waals surface area contributed by atoms with E-state index in [1.807, 2.05) is 0 Å². The number of nitrogen functional groups attached to an aromatic ring is 1. The molecule has 0 spiro atoms. The number of H-pyrrole nitrogens is 1. The normalized spacial score (nSPS) is 15.7. The number of hydrogen-bond acceptors (Lipinski definition) is 9. The number of aromatic amines is 1. The van der Waals surface area contributed by atoms with Gasteiger partial charge in [-0.15, -0.1) is 4.91 Å². The predicted octanol–water partition coefficient (Wildman–Crippen LogP) is -0.143. The van der Waals surface area contributed by atoms with Crippen LogP contribution in [0, 0.1) is 10.8 Å². The van der Waals surface area contributed by atoms with Crippen molar-refractivity contribution < 1.29 is 19.8 Å². The van der Waals surface area contributed by atoms with Crippen LogP contribution in [0.5, 0.6) is 0 Å². The molecule has 2 aromatic heterocycles. The van der Waals surface area contributed by atoms with E-state index in [1.165, 1.54) is 7.05 Å². The molecule has 1 atom stereocenters. The molecule has 0 aliphatic carbocycles. The van der Waals surface area contributed by atoms with Gasteiger partial charge in [0.1, 0.15) is 19.3 Å². The molecule has 2 heterocycles. The zero-order valence-electron chi connectivity index (χ0n) is 18.3. The number of carbonyl (C=O) groups excluding carboxylic acids is 1. The average molecular weight is 371 g/mol. The summed E-state index contributed by atoms with van der Waals surface area (Å²) in [5.74, 6) is -1.87. The van der Waals surface area contributed by atoms with E-state index in [4.69, 9.17) is 16.0 Å². The average Bonchev–Trinajstić information content (AvgIpc) is 3.02. The zero-order valence-corrected chi connectivity index (χ0v) is 14.3. The van der Waals surface area contributed by atoms with Crippen LogP contribution in [0.2, 0.25) is 0 Å². The molecule has 2 rings (SSSR count). The van der Waals surface area contributed by atoms with Crippen LogP contribution >= 0.6 is 0 Å². The van der Waals surface area contributed by atoms with E-state index in [0.717, 1.165) is 15.9 Å². The molecule has 0 aliphatic heterocycles. The largest absolute Gasteiger partial charge is 0.462 e. The smallest absolute Gasteiger partial charge is 0.330 e. The van der Waals surface area contributed by atoms with Gasteiger partial charge in [0.25, 0.3) is 5.56 Å². The Bertz CT molecular complexity index is 993. The van der Waals surface area contributed by atoms with Gasteiger partial charge in [-0.3, -0.25) is 14.3 Å². The van der Waals surface area contributed by atoms with E-state index in [9.17, 15) is 14.5 Å². The van der Waals surface area contributed by atoms with Crippen LogP contribution < -0.4 is 11.3 Å². The maximum Gasteiger partial charge on any atom is 0.330 e. The Balaban J connectivity index is 2.18. The quantitative estimate of drug-likeness (QED) is 0.347. The van der Waals surface area contributed by atoms with Crippen LogP contribution in [-0.4, -0.2) is 56.7 Å². The van der Waals surface area contributed by atoms with Gasteiger partial charge >= 0.3 is 5.97 Å². The summed E-state index contributed by atoms with van der Waals surface area (Å²) in [4.78, 5) is 44.8. The van der Waals surface area contributed by atoms with E-state index in [2.05, 4.69) is 25.0 Å². The number of aromatic nitrogens is 4. The number of hydrogen-bond donors (Lipinski definition) is 2. The Morgan fingerprint density at radius 2 is 2.27 bits per heavy atom. The van der Waals surface area contributed by atoms with Crippen LogP contribution in [0.4, 0.5) is 5.95 Å². The minimum absolute atomic E-state index is 0.0110. The molecule has 3 N–H and O–H groups in total. The minimum Gasteiger partial charge on any atom is -0.462 e. The molecule has 26 heavy (non-hydrogen) atoms. The molecule has 0 amide bonds. The maximum atomic E-state index is 12.3. The van der Waals surface area contributed by atoms with Crippen LogP contribution in [-0.2, 0) is 21.0 Å². The Hall–Kier alpha value is -3.02. The van der Waals surface area contributed by atoms with Crippen molar-refractivity contribution in [1.29, 1.82) is 0 Å². The minimum atomic E-state index is -3.23. The van der Waals surface area contributed by atoms with Crippen LogP contribution in [0.1, 0.15) is 19.3 Å². The zero-order chi connectivity index (χ0) is 22.9. The van der Waals surface area contributed by atoms with E-state index in [1.54, 1.807) is 13.8 Å². The number of nitroso groups, excluding NO2 is 1. The number of esters is 1. The van der Waals surface area contributed by atoms with Gasteiger partial charge in [0, 0.05) is 7.05 Å². The van der Waals surface area contributed by atoms with Crippen molar-refractivity contribution in [3.63, 3.8) is 0 Å². The fourth-order valence-corrected chi connectivity index (χ4v) is 2.24. The SMILES string of the molecule is [2H]C([2H])(OCn1cnc2c(=O)[nH]c(N)nc21)C([2H])([2H])OC(=O)[C@H](C(C)C)N(C)N=O. The van der Waals surface area contributed by atoms with Gasteiger partial charge in [0.2, 0.25) is 5.95 Å². The molecule has 142 valence electrons. The number of fused-ring (bicyclic) bond motifs is 1. The molecular formula is C14H21N7O5. The highest BCUT2D eigenvalue weighted by Crippen LogP contribution is 2.11. The second-order valence-electron chi connectivity index (χ2n) is 5.58. The number of ether oxygens (including phenoxy) is 2. The van der Waals surface area contributed by atoms with Crippen LogP contribution in [0.3, 0.4) is 0 Å². The summed E-state index contributed by atoms with van der Waals surface area (Å²) in [7, 11) is 1.21. The van der Waals surface area contributed by atoms with Crippen molar-refractivity contribution in [1.82, 2.24) is 24.5 Å². The monoisotopic (exact) mass is 371 g/mol. The summed E-state index contributed by atoms with van der Waals surface area (Å²) in [6.07, 6.45) is 1.13. The number of imidazole rings is 1. The number of nitrogens with two attached hydrogens (primary N) is 1. The lowest BCUT2D eigenvalue weighted by molar-refractivity contribution is -0.153. The van der Waals surface area contributed by atoms with Crippen molar-refractivity contribution in [3.05, 3.63) is 21.6 Å². The van der Waals surface area contributed by atoms with Gasteiger partial charge in [0.15, 0.2) is 11.2 Å². The molecule has 0 unspecified atom stereocenters. The third kappa shape index (κ3) is 4.33. The first-order chi connectivity index (χ1) is 13.8. The molecular weight excluding hydrogens is 346 g/mol. The molecule has 0 bridgehead atoms. The summed E-state index contributed by atoms with van der Waals surface area (Å²) in [5, 5.41) is 3.37. The van der Waals surface area contributed by atoms with Crippen molar-refractivity contribution in [2.75, 3.05) is 25.9 Å². The van der Waals surface area contributed by atoms with Gasteiger partial charge in [0.05, 0.1) is 23.7 Å². The first-order valence-corrected chi connectivity index (χ1v) is 7.44. The summed E-state index contributed by atoms with van der Waals surface area (Å²) in [5.41, 5.74) is 4.77. The number of carbonyl (C=O) groups is 1. The Morgan fingerprint density at radius 3 is 2.92 bits per heavy atom. The third-order valence-electron chi connectivity index (χ3n) is 3.37. The predicted molar refractivity (Wildman–Crippen MR) is 91.7 cm³/mol. The lowest BCUT2D eigenvalue weighted by Gasteiger charge is -2.24. The van der Waals surface area contributed by atoms with Gasteiger partial charge in [-0.05, 0) is 5.92 Å². The number of nitrogens with zero attached hydrogens (tertiary/aromatic N) is 5. The van der Waals surface area contributed by atoms with Crippen LogP contribution in [0.15, 0.2) is 16.4 Å². The number of anilines is 1. The Kier molecular flexibility index (Phi) is 4.57.